The van der Waals surface area contributed by atoms with Crippen molar-refractivity contribution in [3.8, 4) is 0 Å². The number of carbonyl (C=O) groups is 3. The van der Waals surface area contributed by atoms with Crippen LogP contribution in [0.2, 0.25) is 0 Å². The smallest absolute Gasteiger partial charge is 0.269 e. The predicted octanol–water partition coefficient (Wildman–Crippen LogP) is 5.63. The first-order valence-corrected chi connectivity index (χ1v) is 14.0. The molecule has 0 bridgehead atoms. The number of hydrazine groups is 1. The second kappa shape index (κ2) is 10.3. The van der Waals surface area contributed by atoms with E-state index in [1.807, 2.05) is 49.5 Å². The van der Waals surface area contributed by atoms with Gasteiger partial charge in [-0.1, -0.05) is 58.0 Å². The lowest BCUT2D eigenvalue weighted by atomic mass is 9.64. The Kier molecular flexibility index (Phi) is 7.17. The Morgan fingerprint density at radius 2 is 1.32 bits per heavy atom. The van der Waals surface area contributed by atoms with Gasteiger partial charge in [0.25, 0.3) is 5.91 Å². The van der Waals surface area contributed by atoms with E-state index in [0.29, 0.717) is 18.4 Å². The van der Waals surface area contributed by atoms with E-state index in [9.17, 15) is 14.4 Å². The van der Waals surface area contributed by atoms with E-state index in [1.165, 1.54) is 0 Å². The molecule has 0 radical (unpaired) electrons. The fraction of sp³-hybridized carbons (Fsp3) is 0.375. The number of nitrogens with zero attached hydrogens (tertiary/aromatic N) is 1. The van der Waals surface area contributed by atoms with Crippen LogP contribution < -0.4 is 16.2 Å². The minimum absolute atomic E-state index is 0.0951. The Labute approximate surface area is 241 Å². The van der Waals surface area contributed by atoms with Gasteiger partial charge in [-0.3, -0.25) is 25.2 Å². The molecule has 208 valence electrons. The predicted molar refractivity (Wildman–Crippen MR) is 160 cm³/mol. The summed E-state index contributed by atoms with van der Waals surface area (Å²) in [6, 6.07) is 16.6. The van der Waals surface area contributed by atoms with E-state index in [2.05, 4.69) is 48.8 Å². The third-order valence-electron chi connectivity index (χ3n) is 8.01. The van der Waals surface area contributed by atoms with Gasteiger partial charge in [-0.05, 0) is 65.7 Å². The van der Waals surface area contributed by atoms with Crippen LogP contribution in [0.5, 0.6) is 0 Å². The molecule has 0 aromatic heterocycles. The van der Waals surface area contributed by atoms with E-state index in [-0.39, 0.29) is 33.4 Å². The number of Topliss-reactive ketones (excluding diaryl/α,β-unsaturated/α-hetero) is 2. The van der Waals surface area contributed by atoms with Gasteiger partial charge < -0.3 is 10.2 Å². The molecule has 7 nitrogen and oxygen atoms in total. The largest absolute Gasteiger partial charge is 0.351 e. The number of benzene rings is 2. The first kappa shape index (κ1) is 27.8. The summed E-state index contributed by atoms with van der Waals surface area (Å²) in [4.78, 5) is 42.2. The van der Waals surface area contributed by atoms with Gasteiger partial charge in [0.2, 0.25) is 0 Å². The molecular weight excluding hydrogens is 520 g/mol. The highest BCUT2D eigenvalue weighted by Crippen LogP contribution is 2.53. The van der Waals surface area contributed by atoms with Crippen molar-refractivity contribution in [1.29, 1.82) is 0 Å². The van der Waals surface area contributed by atoms with Gasteiger partial charge in [-0.2, -0.15) is 0 Å². The third kappa shape index (κ3) is 5.45. The highest BCUT2D eigenvalue weighted by Gasteiger charge is 2.48. The molecule has 2 aliphatic carbocycles. The number of para-hydroxylation sites is 1. The summed E-state index contributed by atoms with van der Waals surface area (Å²) in [6.07, 6.45) is 2.44. The average molecular weight is 557 g/mol. The number of allylic oxidation sites excluding steroid dienone is 4. The van der Waals surface area contributed by atoms with Crippen LogP contribution in [0.4, 0.5) is 5.69 Å². The van der Waals surface area contributed by atoms with E-state index >= 15 is 0 Å². The van der Waals surface area contributed by atoms with Gasteiger partial charge in [0, 0.05) is 59.6 Å². The Balaban J connectivity index is 1.42. The summed E-state index contributed by atoms with van der Waals surface area (Å²) in [7, 11) is 2.00. The molecule has 2 aromatic carbocycles. The average Bonchev–Trinajstić information content (AvgIpc) is 2.88. The molecule has 1 amide bonds. The summed E-state index contributed by atoms with van der Waals surface area (Å²) in [5.74, 6) is -0.584. The van der Waals surface area contributed by atoms with Crippen molar-refractivity contribution >= 4 is 40.5 Å². The Bertz CT molecular complexity index is 1400. The maximum Gasteiger partial charge on any atom is 0.269 e. The number of hydrogen-bond donors (Lipinski definition) is 3. The van der Waals surface area contributed by atoms with Crippen LogP contribution in [-0.2, 0) is 9.59 Å². The van der Waals surface area contributed by atoms with Crippen LogP contribution in [0.25, 0.3) is 0 Å². The molecule has 1 aliphatic heterocycles. The topological polar surface area (TPSA) is 90.5 Å². The van der Waals surface area contributed by atoms with Crippen LogP contribution in [-0.4, -0.2) is 34.5 Å². The fourth-order valence-electron chi connectivity index (χ4n) is 6.19. The van der Waals surface area contributed by atoms with Crippen molar-refractivity contribution in [2.45, 2.75) is 59.3 Å². The minimum Gasteiger partial charge on any atom is -0.351 e. The quantitative estimate of drug-likeness (QED) is 0.333. The Hall–Kier alpha value is -3.78. The molecule has 0 fully saturated rings. The second-order valence-corrected chi connectivity index (χ2v) is 13.0. The van der Waals surface area contributed by atoms with Gasteiger partial charge in [0.1, 0.15) is 0 Å². The van der Waals surface area contributed by atoms with E-state index in [4.69, 9.17) is 12.2 Å². The zero-order valence-electron chi connectivity index (χ0n) is 23.7. The normalized spacial score (nSPS) is 20.1. The number of thiocarbonyl (C=S) groups is 1. The van der Waals surface area contributed by atoms with Crippen LogP contribution >= 0.6 is 12.2 Å². The first-order chi connectivity index (χ1) is 18.8. The summed E-state index contributed by atoms with van der Waals surface area (Å²) in [5.41, 5.74) is 10.6. The van der Waals surface area contributed by atoms with Gasteiger partial charge >= 0.3 is 0 Å². The van der Waals surface area contributed by atoms with Crippen molar-refractivity contribution in [3.63, 3.8) is 0 Å². The highest BCUT2D eigenvalue weighted by atomic mass is 32.1. The number of amides is 1. The standard InChI is InChI=1S/C32H36N4O3S/c1-31(2)15-22-27(24(37)17-31)26(28-23(36(22)5)16-32(3,4)18-25(28)38)19-11-13-20(14-12-19)29(39)34-35-30(40)33-21-9-7-6-8-10-21/h6-14,26H,15-18H2,1-5H3,(H,34,39)(H2,33,35,40). The van der Waals surface area contributed by atoms with Crippen molar-refractivity contribution in [3.05, 3.63) is 88.3 Å². The van der Waals surface area contributed by atoms with Crippen LogP contribution in [0.3, 0.4) is 0 Å². The molecule has 0 atom stereocenters. The first-order valence-electron chi connectivity index (χ1n) is 13.6. The van der Waals surface area contributed by atoms with Crippen molar-refractivity contribution in [2.75, 3.05) is 12.4 Å². The number of nitrogens with one attached hydrogen (secondary N) is 3. The molecule has 2 aromatic rings. The fourth-order valence-corrected chi connectivity index (χ4v) is 6.36. The zero-order chi connectivity index (χ0) is 28.8. The highest BCUT2D eigenvalue weighted by molar-refractivity contribution is 7.80. The maximum absolute atomic E-state index is 13.6. The molecule has 0 saturated heterocycles. The summed E-state index contributed by atoms with van der Waals surface area (Å²) >= 11 is 5.27. The monoisotopic (exact) mass is 556 g/mol. The lowest BCUT2D eigenvalue weighted by Gasteiger charge is -2.47. The van der Waals surface area contributed by atoms with Crippen LogP contribution in [0.15, 0.2) is 77.1 Å². The Morgan fingerprint density at radius 3 is 1.85 bits per heavy atom. The SMILES string of the molecule is CN1C2=C(C(=O)CC(C)(C)C2)C(c2ccc(C(=O)NNC(=S)Nc3ccccc3)cc2)C2=C1CC(C)(C)CC2=O. The van der Waals surface area contributed by atoms with Crippen molar-refractivity contribution in [1.82, 2.24) is 15.8 Å². The molecule has 1 heterocycles. The summed E-state index contributed by atoms with van der Waals surface area (Å²) < 4.78 is 0. The molecule has 8 heteroatoms. The number of anilines is 1. The van der Waals surface area contributed by atoms with Gasteiger partial charge in [-0.25, -0.2) is 0 Å². The molecule has 3 aliphatic rings. The number of carbonyl (C=O) groups excluding carboxylic acids is 3. The third-order valence-corrected chi connectivity index (χ3v) is 8.21. The molecule has 3 N–H and O–H groups in total. The summed E-state index contributed by atoms with van der Waals surface area (Å²) in [6.45, 7) is 8.50. The summed E-state index contributed by atoms with van der Waals surface area (Å²) in [5, 5.41) is 3.27. The molecule has 0 saturated carbocycles. The molecule has 5 rings (SSSR count). The lowest BCUT2D eigenvalue weighted by Crippen LogP contribution is -2.43. The van der Waals surface area contributed by atoms with Crippen LogP contribution in [0, 0.1) is 10.8 Å². The van der Waals surface area contributed by atoms with E-state index in [0.717, 1.165) is 46.6 Å². The van der Waals surface area contributed by atoms with Crippen molar-refractivity contribution in [2.24, 2.45) is 10.8 Å². The molecule has 40 heavy (non-hydrogen) atoms. The van der Waals surface area contributed by atoms with Crippen LogP contribution in [0.1, 0.15) is 75.2 Å². The number of hydrogen-bond acceptors (Lipinski definition) is 5. The molecular formula is C32H36N4O3S. The van der Waals surface area contributed by atoms with Crippen molar-refractivity contribution < 1.29 is 14.4 Å². The van der Waals surface area contributed by atoms with Gasteiger partial charge in [0.05, 0.1) is 0 Å². The lowest BCUT2D eigenvalue weighted by molar-refractivity contribution is -0.119. The van der Waals surface area contributed by atoms with Gasteiger partial charge in [0.15, 0.2) is 16.7 Å². The maximum atomic E-state index is 13.6. The number of rotatable bonds is 3. The Morgan fingerprint density at radius 1 is 0.800 bits per heavy atom. The van der Waals surface area contributed by atoms with E-state index in [1.54, 1.807) is 12.1 Å². The second-order valence-electron chi connectivity index (χ2n) is 12.6. The zero-order valence-corrected chi connectivity index (χ0v) is 24.5. The molecule has 0 spiro atoms. The minimum atomic E-state index is -0.425. The van der Waals surface area contributed by atoms with Gasteiger partial charge in [-0.15, -0.1) is 0 Å². The number of ketones is 2. The van der Waals surface area contributed by atoms with E-state index < -0.39 is 5.92 Å². The molecule has 0 unspecified atom stereocenters.